The SMILES string of the molecule is Cc1cc(CN(C)Cc2ccccc2OCC(O)CN2CCc3ccccc3C2)n[nH]1. The second-order valence-corrected chi connectivity index (χ2v) is 8.54. The average molecular weight is 421 g/mol. The highest BCUT2D eigenvalue weighted by Crippen LogP contribution is 2.21. The number of nitrogens with zero attached hydrogens (tertiary/aromatic N) is 3. The summed E-state index contributed by atoms with van der Waals surface area (Å²) in [5, 5.41) is 17.9. The molecule has 0 saturated carbocycles. The smallest absolute Gasteiger partial charge is 0.123 e. The van der Waals surface area contributed by atoms with Gasteiger partial charge in [0.2, 0.25) is 0 Å². The lowest BCUT2D eigenvalue weighted by Crippen LogP contribution is -2.38. The molecule has 2 aromatic carbocycles. The van der Waals surface area contributed by atoms with Crippen LogP contribution in [0.1, 0.15) is 28.1 Å². The van der Waals surface area contributed by atoms with Gasteiger partial charge in [-0.1, -0.05) is 42.5 Å². The third-order valence-electron chi connectivity index (χ3n) is 5.71. The van der Waals surface area contributed by atoms with E-state index in [1.165, 1.54) is 11.1 Å². The van der Waals surface area contributed by atoms with Crippen molar-refractivity contribution in [3.63, 3.8) is 0 Å². The van der Waals surface area contributed by atoms with Crippen molar-refractivity contribution in [2.45, 2.75) is 39.1 Å². The van der Waals surface area contributed by atoms with E-state index in [0.717, 1.165) is 55.3 Å². The average Bonchev–Trinajstić information content (AvgIpc) is 3.17. The number of fused-ring (bicyclic) bond motifs is 1. The highest BCUT2D eigenvalue weighted by molar-refractivity contribution is 5.33. The van der Waals surface area contributed by atoms with Gasteiger partial charge >= 0.3 is 0 Å². The van der Waals surface area contributed by atoms with Crippen molar-refractivity contribution in [1.82, 2.24) is 20.0 Å². The molecule has 1 aliphatic heterocycles. The first-order valence-electron chi connectivity index (χ1n) is 10.9. The van der Waals surface area contributed by atoms with E-state index in [-0.39, 0.29) is 6.61 Å². The lowest BCUT2D eigenvalue weighted by atomic mass is 10.00. The molecule has 0 amide bonds. The summed E-state index contributed by atoms with van der Waals surface area (Å²) in [5.74, 6) is 0.829. The number of aromatic amines is 1. The highest BCUT2D eigenvalue weighted by Gasteiger charge is 2.19. The van der Waals surface area contributed by atoms with Crippen molar-refractivity contribution in [2.75, 3.05) is 26.7 Å². The fraction of sp³-hybridized carbons (Fsp3) is 0.400. The first-order chi connectivity index (χ1) is 15.1. The van der Waals surface area contributed by atoms with Gasteiger partial charge in [-0.2, -0.15) is 5.10 Å². The molecule has 31 heavy (non-hydrogen) atoms. The van der Waals surface area contributed by atoms with E-state index in [1.807, 2.05) is 25.1 Å². The van der Waals surface area contributed by atoms with Gasteiger partial charge in [-0.3, -0.25) is 14.9 Å². The Kier molecular flexibility index (Phi) is 7.02. The molecular formula is C25H32N4O2. The molecule has 4 rings (SSSR count). The first-order valence-corrected chi connectivity index (χ1v) is 10.9. The van der Waals surface area contributed by atoms with Crippen LogP contribution < -0.4 is 4.74 Å². The van der Waals surface area contributed by atoms with Crippen molar-refractivity contribution >= 4 is 0 Å². The fourth-order valence-corrected chi connectivity index (χ4v) is 4.20. The maximum absolute atomic E-state index is 10.6. The maximum Gasteiger partial charge on any atom is 0.123 e. The molecular weight excluding hydrogens is 388 g/mol. The summed E-state index contributed by atoms with van der Waals surface area (Å²) < 4.78 is 6.04. The molecule has 1 aliphatic rings. The summed E-state index contributed by atoms with van der Waals surface area (Å²) in [4.78, 5) is 4.52. The third kappa shape index (κ3) is 5.94. The highest BCUT2D eigenvalue weighted by atomic mass is 16.5. The summed E-state index contributed by atoms with van der Waals surface area (Å²) in [6, 6.07) is 18.7. The number of nitrogens with one attached hydrogen (secondary N) is 1. The molecule has 0 saturated heterocycles. The van der Waals surface area contributed by atoms with E-state index in [0.29, 0.717) is 6.54 Å². The molecule has 3 aromatic rings. The number of aryl methyl sites for hydroxylation is 1. The van der Waals surface area contributed by atoms with Gasteiger partial charge in [0.15, 0.2) is 0 Å². The molecule has 1 atom stereocenters. The molecule has 0 aliphatic carbocycles. The van der Waals surface area contributed by atoms with Crippen molar-refractivity contribution in [3.8, 4) is 5.75 Å². The zero-order chi connectivity index (χ0) is 21.6. The van der Waals surface area contributed by atoms with Crippen LogP contribution in [0.25, 0.3) is 0 Å². The molecule has 6 heteroatoms. The monoisotopic (exact) mass is 420 g/mol. The zero-order valence-corrected chi connectivity index (χ0v) is 18.4. The molecule has 2 heterocycles. The Morgan fingerprint density at radius 2 is 1.90 bits per heavy atom. The van der Waals surface area contributed by atoms with Crippen LogP contribution in [-0.2, 0) is 26.1 Å². The zero-order valence-electron chi connectivity index (χ0n) is 18.4. The molecule has 0 fully saturated rings. The standard InChI is InChI=1S/C25H32N4O2/c1-19-13-23(27-26-19)16-28(2)14-22-9-5-6-10-25(22)31-18-24(30)17-29-12-11-20-7-3-4-8-21(20)15-29/h3-10,13,24,30H,11-12,14-18H2,1-2H3,(H,26,27). The van der Waals surface area contributed by atoms with Gasteiger partial charge < -0.3 is 9.84 Å². The van der Waals surface area contributed by atoms with Crippen LogP contribution in [0.15, 0.2) is 54.6 Å². The molecule has 164 valence electrons. The number of H-pyrrole nitrogens is 1. The number of hydrogen-bond acceptors (Lipinski definition) is 5. The minimum Gasteiger partial charge on any atom is -0.491 e. The summed E-state index contributed by atoms with van der Waals surface area (Å²) in [7, 11) is 2.07. The Labute approximate surface area is 184 Å². The predicted octanol–water partition coefficient (Wildman–Crippen LogP) is 3.15. The number of aliphatic hydroxyl groups is 1. The van der Waals surface area contributed by atoms with Crippen LogP contribution >= 0.6 is 0 Å². The maximum atomic E-state index is 10.6. The van der Waals surface area contributed by atoms with E-state index in [1.54, 1.807) is 0 Å². The first kappa shape index (κ1) is 21.6. The molecule has 0 spiro atoms. The van der Waals surface area contributed by atoms with Gasteiger partial charge in [0.1, 0.15) is 18.5 Å². The molecule has 2 N–H and O–H groups in total. The van der Waals surface area contributed by atoms with Crippen LogP contribution in [0, 0.1) is 6.92 Å². The van der Waals surface area contributed by atoms with Gasteiger partial charge in [-0.05, 0) is 43.7 Å². The van der Waals surface area contributed by atoms with Gasteiger partial charge in [0.05, 0.1) is 5.69 Å². The molecule has 1 aromatic heterocycles. The Hall–Kier alpha value is -2.67. The number of aromatic nitrogens is 2. The van der Waals surface area contributed by atoms with Crippen LogP contribution in [0.2, 0.25) is 0 Å². The second kappa shape index (κ2) is 10.1. The molecule has 6 nitrogen and oxygen atoms in total. The summed E-state index contributed by atoms with van der Waals surface area (Å²) >= 11 is 0. The van der Waals surface area contributed by atoms with Gasteiger partial charge in [-0.25, -0.2) is 0 Å². The number of ether oxygens (including phenoxy) is 1. The van der Waals surface area contributed by atoms with Crippen LogP contribution in [0.4, 0.5) is 0 Å². The fourth-order valence-electron chi connectivity index (χ4n) is 4.20. The topological polar surface area (TPSA) is 64.6 Å². The van der Waals surface area contributed by atoms with Crippen LogP contribution in [0.3, 0.4) is 0 Å². The Morgan fingerprint density at radius 3 is 2.71 bits per heavy atom. The normalized spacial score (nSPS) is 15.1. The second-order valence-electron chi connectivity index (χ2n) is 8.54. The van der Waals surface area contributed by atoms with Crippen molar-refractivity contribution in [1.29, 1.82) is 0 Å². The van der Waals surface area contributed by atoms with Crippen molar-refractivity contribution in [3.05, 3.63) is 82.7 Å². The Bertz CT molecular complexity index is 987. The van der Waals surface area contributed by atoms with E-state index in [4.69, 9.17) is 4.74 Å². The molecule has 1 unspecified atom stereocenters. The van der Waals surface area contributed by atoms with E-state index < -0.39 is 6.10 Å². The molecule has 0 radical (unpaired) electrons. The van der Waals surface area contributed by atoms with Crippen LogP contribution in [0.5, 0.6) is 5.75 Å². The summed E-state index contributed by atoms with van der Waals surface area (Å²) in [6.07, 6.45) is 0.511. The van der Waals surface area contributed by atoms with E-state index >= 15 is 0 Å². The number of β-amino-alcohol motifs (C(OH)–C–C–N with tert-alkyl or cyclic N) is 1. The van der Waals surface area contributed by atoms with Crippen LogP contribution in [-0.4, -0.2) is 58.0 Å². The van der Waals surface area contributed by atoms with Gasteiger partial charge in [0.25, 0.3) is 0 Å². The summed E-state index contributed by atoms with van der Waals surface area (Å²) in [6.45, 7) is 6.29. The van der Waals surface area contributed by atoms with Gasteiger partial charge in [0, 0.05) is 44.0 Å². The quantitative estimate of drug-likeness (QED) is 0.557. The molecule has 0 bridgehead atoms. The van der Waals surface area contributed by atoms with E-state index in [9.17, 15) is 5.11 Å². The van der Waals surface area contributed by atoms with Crippen molar-refractivity contribution < 1.29 is 9.84 Å². The van der Waals surface area contributed by atoms with Crippen molar-refractivity contribution in [2.24, 2.45) is 0 Å². The number of aliphatic hydroxyl groups excluding tert-OH is 1. The lowest BCUT2D eigenvalue weighted by Gasteiger charge is -2.30. The summed E-state index contributed by atoms with van der Waals surface area (Å²) in [5.41, 5.74) is 5.99. The lowest BCUT2D eigenvalue weighted by molar-refractivity contribution is 0.0632. The number of para-hydroxylation sites is 1. The number of rotatable bonds is 9. The van der Waals surface area contributed by atoms with Gasteiger partial charge in [-0.15, -0.1) is 0 Å². The Morgan fingerprint density at radius 1 is 1.13 bits per heavy atom. The minimum absolute atomic E-state index is 0.289. The third-order valence-corrected chi connectivity index (χ3v) is 5.71. The number of benzene rings is 2. The Balaban J connectivity index is 1.28. The van der Waals surface area contributed by atoms with E-state index in [2.05, 4.69) is 63.4 Å². The minimum atomic E-state index is -0.525. The number of hydrogen-bond donors (Lipinski definition) is 2. The largest absolute Gasteiger partial charge is 0.491 e. The predicted molar refractivity (Wildman–Crippen MR) is 122 cm³/mol.